The molecule has 2 aromatic carbocycles. The average Bonchev–Trinajstić information content (AvgIpc) is 3.04. The fraction of sp³-hybridized carbons (Fsp3) is 0.250. The van der Waals surface area contributed by atoms with E-state index in [0.29, 0.717) is 30.2 Å². The number of rotatable bonds is 6. The number of carbonyl (C=O) groups is 1. The monoisotopic (exact) mass is 338 g/mol. The molecular weight excluding hydrogens is 316 g/mol. The van der Waals surface area contributed by atoms with Gasteiger partial charge < -0.3 is 19.8 Å². The molecule has 1 amide bonds. The van der Waals surface area contributed by atoms with Crippen molar-refractivity contribution in [2.75, 3.05) is 20.8 Å². The van der Waals surface area contributed by atoms with Crippen LogP contribution in [0.1, 0.15) is 21.6 Å². The van der Waals surface area contributed by atoms with E-state index in [1.54, 1.807) is 14.2 Å². The first kappa shape index (κ1) is 16.9. The first-order valence-electron chi connectivity index (χ1n) is 8.19. The van der Waals surface area contributed by atoms with Gasteiger partial charge >= 0.3 is 0 Å². The Bertz CT molecular complexity index is 899. The van der Waals surface area contributed by atoms with Gasteiger partial charge in [0.15, 0.2) is 11.5 Å². The van der Waals surface area contributed by atoms with Crippen LogP contribution in [0.2, 0.25) is 0 Å². The second kappa shape index (κ2) is 7.30. The molecule has 3 rings (SSSR count). The molecule has 2 N–H and O–H groups in total. The van der Waals surface area contributed by atoms with E-state index >= 15 is 0 Å². The van der Waals surface area contributed by atoms with E-state index in [0.717, 1.165) is 16.5 Å². The zero-order valence-electron chi connectivity index (χ0n) is 14.7. The van der Waals surface area contributed by atoms with Gasteiger partial charge in [0.05, 0.1) is 14.2 Å². The number of nitrogens with one attached hydrogen (secondary N) is 2. The topological polar surface area (TPSA) is 63.3 Å². The van der Waals surface area contributed by atoms with Crippen LogP contribution in [-0.4, -0.2) is 31.7 Å². The summed E-state index contributed by atoms with van der Waals surface area (Å²) >= 11 is 0. The molecule has 1 heterocycles. The Morgan fingerprint density at radius 3 is 2.60 bits per heavy atom. The summed E-state index contributed by atoms with van der Waals surface area (Å²) in [4.78, 5) is 15.5. The molecule has 0 bridgehead atoms. The molecule has 130 valence electrons. The van der Waals surface area contributed by atoms with Crippen LogP contribution in [-0.2, 0) is 6.42 Å². The van der Waals surface area contributed by atoms with Crippen LogP contribution in [0.3, 0.4) is 0 Å². The highest BCUT2D eigenvalue weighted by Gasteiger charge is 2.10. The smallest absolute Gasteiger partial charge is 0.267 e. The molecule has 1 aromatic heterocycles. The molecule has 3 aromatic rings. The maximum absolute atomic E-state index is 12.3. The summed E-state index contributed by atoms with van der Waals surface area (Å²) in [7, 11) is 3.22. The van der Waals surface area contributed by atoms with E-state index in [2.05, 4.69) is 16.4 Å². The maximum atomic E-state index is 12.3. The van der Waals surface area contributed by atoms with E-state index < -0.39 is 0 Å². The molecule has 0 aliphatic rings. The van der Waals surface area contributed by atoms with E-state index in [9.17, 15) is 4.79 Å². The SMILES string of the molecule is COc1ccc(CCNC(=O)c2cc3cc(C)ccc3[nH]2)cc1OC. The fourth-order valence-electron chi connectivity index (χ4n) is 2.83. The predicted molar refractivity (Wildman–Crippen MR) is 98.6 cm³/mol. The molecule has 5 nitrogen and oxygen atoms in total. The van der Waals surface area contributed by atoms with Crippen LogP contribution in [0.5, 0.6) is 11.5 Å². The number of H-pyrrole nitrogens is 1. The van der Waals surface area contributed by atoms with Gasteiger partial charge in [-0.25, -0.2) is 0 Å². The number of methoxy groups -OCH3 is 2. The maximum Gasteiger partial charge on any atom is 0.267 e. The largest absolute Gasteiger partial charge is 0.493 e. The van der Waals surface area contributed by atoms with E-state index in [1.807, 2.05) is 43.3 Å². The Morgan fingerprint density at radius 2 is 1.84 bits per heavy atom. The van der Waals surface area contributed by atoms with Crippen molar-refractivity contribution in [3.05, 3.63) is 59.3 Å². The molecule has 0 spiro atoms. The lowest BCUT2D eigenvalue weighted by molar-refractivity contribution is 0.0950. The Labute approximate surface area is 147 Å². The second-order valence-electron chi connectivity index (χ2n) is 5.97. The molecule has 0 saturated carbocycles. The van der Waals surface area contributed by atoms with Crippen molar-refractivity contribution >= 4 is 16.8 Å². The molecule has 5 heteroatoms. The lowest BCUT2D eigenvalue weighted by atomic mass is 10.1. The van der Waals surface area contributed by atoms with Crippen molar-refractivity contribution in [2.24, 2.45) is 0 Å². The predicted octanol–water partition coefficient (Wildman–Crippen LogP) is 3.47. The molecule has 0 radical (unpaired) electrons. The molecular formula is C20H22N2O3. The van der Waals surface area contributed by atoms with Crippen molar-refractivity contribution in [1.82, 2.24) is 10.3 Å². The summed E-state index contributed by atoms with van der Waals surface area (Å²) in [5, 5.41) is 3.99. The van der Waals surface area contributed by atoms with Gasteiger partial charge in [0.1, 0.15) is 5.69 Å². The number of benzene rings is 2. The number of aryl methyl sites for hydroxylation is 1. The van der Waals surface area contributed by atoms with Crippen LogP contribution in [0.25, 0.3) is 10.9 Å². The Kier molecular flexibility index (Phi) is 4.93. The molecule has 25 heavy (non-hydrogen) atoms. The van der Waals surface area contributed by atoms with Crippen molar-refractivity contribution < 1.29 is 14.3 Å². The summed E-state index contributed by atoms with van der Waals surface area (Å²) in [6.45, 7) is 2.58. The summed E-state index contributed by atoms with van der Waals surface area (Å²) in [5.41, 5.74) is 3.79. The van der Waals surface area contributed by atoms with Crippen molar-refractivity contribution in [2.45, 2.75) is 13.3 Å². The van der Waals surface area contributed by atoms with Gasteiger partial charge in [0.2, 0.25) is 0 Å². The van der Waals surface area contributed by atoms with E-state index in [4.69, 9.17) is 9.47 Å². The third kappa shape index (κ3) is 3.76. The first-order chi connectivity index (χ1) is 12.1. The van der Waals surface area contributed by atoms with Gasteiger partial charge in [-0.2, -0.15) is 0 Å². The Morgan fingerprint density at radius 1 is 1.04 bits per heavy atom. The highest BCUT2D eigenvalue weighted by atomic mass is 16.5. The fourth-order valence-corrected chi connectivity index (χ4v) is 2.83. The van der Waals surface area contributed by atoms with E-state index in [1.165, 1.54) is 5.56 Å². The van der Waals surface area contributed by atoms with Crippen molar-refractivity contribution in [1.29, 1.82) is 0 Å². The van der Waals surface area contributed by atoms with Gasteiger partial charge in [-0.3, -0.25) is 4.79 Å². The third-order valence-electron chi connectivity index (χ3n) is 4.17. The number of carbonyl (C=O) groups excluding carboxylic acids is 1. The molecule has 0 fully saturated rings. The van der Waals surface area contributed by atoms with Crippen molar-refractivity contribution in [3.63, 3.8) is 0 Å². The van der Waals surface area contributed by atoms with Gasteiger partial charge in [-0.05, 0) is 49.2 Å². The zero-order valence-corrected chi connectivity index (χ0v) is 14.7. The van der Waals surface area contributed by atoms with Gasteiger partial charge in [0, 0.05) is 17.4 Å². The van der Waals surface area contributed by atoms with Crippen LogP contribution in [0.4, 0.5) is 0 Å². The van der Waals surface area contributed by atoms with Crippen LogP contribution < -0.4 is 14.8 Å². The molecule has 0 atom stereocenters. The third-order valence-corrected chi connectivity index (χ3v) is 4.17. The van der Waals surface area contributed by atoms with Crippen LogP contribution in [0, 0.1) is 6.92 Å². The number of aromatic nitrogens is 1. The second-order valence-corrected chi connectivity index (χ2v) is 5.97. The Hall–Kier alpha value is -2.95. The van der Waals surface area contributed by atoms with E-state index in [-0.39, 0.29) is 5.91 Å². The number of aromatic amines is 1. The molecule has 0 aliphatic heterocycles. The van der Waals surface area contributed by atoms with Crippen molar-refractivity contribution in [3.8, 4) is 11.5 Å². The lowest BCUT2D eigenvalue weighted by Gasteiger charge is -2.10. The summed E-state index contributed by atoms with van der Waals surface area (Å²) in [5.74, 6) is 1.29. The van der Waals surface area contributed by atoms with Crippen LogP contribution in [0.15, 0.2) is 42.5 Å². The average molecular weight is 338 g/mol. The Balaban J connectivity index is 1.62. The summed E-state index contributed by atoms with van der Waals surface area (Å²) in [6.07, 6.45) is 0.714. The highest BCUT2D eigenvalue weighted by Crippen LogP contribution is 2.27. The quantitative estimate of drug-likeness (QED) is 0.723. The highest BCUT2D eigenvalue weighted by molar-refractivity contribution is 5.98. The number of hydrogen-bond acceptors (Lipinski definition) is 3. The number of hydrogen-bond donors (Lipinski definition) is 2. The first-order valence-corrected chi connectivity index (χ1v) is 8.19. The number of fused-ring (bicyclic) bond motifs is 1. The normalized spacial score (nSPS) is 10.7. The van der Waals surface area contributed by atoms with Crippen LogP contribution >= 0.6 is 0 Å². The minimum absolute atomic E-state index is 0.102. The molecule has 0 saturated heterocycles. The standard InChI is InChI=1S/C20H22N2O3/c1-13-4-6-16-15(10-13)12-17(22-16)20(23)21-9-8-14-5-7-18(24-2)19(11-14)25-3/h4-7,10-12,22H,8-9H2,1-3H3,(H,21,23). The zero-order chi connectivity index (χ0) is 17.8. The molecule has 0 aliphatic carbocycles. The number of amides is 1. The van der Waals surface area contributed by atoms with Gasteiger partial charge in [0.25, 0.3) is 5.91 Å². The summed E-state index contributed by atoms with van der Waals surface area (Å²) < 4.78 is 10.5. The number of ether oxygens (including phenoxy) is 2. The summed E-state index contributed by atoms with van der Waals surface area (Å²) in [6, 6.07) is 13.7. The van der Waals surface area contributed by atoms with Gasteiger partial charge in [-0.1, -0.05) is 17.7 Å². The van der Waals surface area contributed by atoms with Gasteiger partial charge in [-0.15, -0.1) is 0 Å². The minimum atomic E-state index is -0.102. The minimum Gasteiger partial charge on any atom is -0.493 e. The lowest BCUT2D eigenvalue weighted by Crippen LogP contribution is -2.25. The molecule has 0 unspecified atom stereocenters.